The fraction of sp³-hybridized carbons (Fsp3) is 0.250. The van der Waals surface area contributed by atoms with Gasteiger partial charge in [0, 0.05) is 0 Å². The molecule has 0 saturated heterocycles. The van der Waals surface area contributed by atoms with Crippen LogP contribution in [-0.4, -0.2) is 16.2 Å². The summed E-state index contributed by atoms with van der Waals surface area (Å²) in [6.07, 6.45) is 0. The summed E-state index contributed by atoms with van der Waals surface area (Å²) in [6.45, 7) is 1.15. The Balaban J connectivity index is 4.55. The van der Waals surface area contributed by atoms with E-state index in [1.54, 1.807) is 0 Å². The normalized spacial score (nSPS) is 12.1. The van der Waals surface area contributed by atoms with Crippen LogP contribution in [0, 0.1) is 5.53 Å². The molecule has 0 aromatic heterocycles. The lowest BCUT2D eigenvalue weighted by Gasteiger charge is -1.90. The van der Waals surface area contributed by atoms with E-state index in [2.05, 4.69) is 5.11 Å². The molecule has 0 unspecified atom stereocenters. The molecule has 0 aliphatic heterocycles. The molecule has 0 saturated carbocycles. The molecule has 0 amide bonds. The minimum Gasteiger partial charge on any atom is -0.510 e. The van der Waals surface area contributed by atoms with Gasteiger partial charge in [-0.15, -0.1) is 5.11 Å². The first kappa shape index (κ1) is 7.61. The van der Waals surface area contributed by atoms with Gasteiger partial charge in [0.2, 0.25) is 5.70 Å². The molecular formula is C4H6N2O3. The number of aliphatic hydroxyl groups is 1. The predicted octanol–water partition coefficient (Wildman–Crippen LogP) is 0.891. The van der Waals surface area contributed by atoms with Crippen molar-refractivity contribution in [2.24, 2.45) is 5.11 Å². The second-order valence-corrected chi connectivity index (χ2v) is 1.35. The molecular weight excluding hydrogens is 124 g/mol. The predicted molar refractivity (Wildman–Crippen MR) is 28.1 cm³/mol. The number of nitrogens with zero attached hydrogens (tertiary/aromatic N) is 1. The summed E-state index contributed by atoms with van der Waals surface area (Å²) < 4.78 is 0. The molecule has 0 aromatic rings. The van der Waals surface area contributed by atoms with Crippen LogP contribution in [0.4, 0.5) is 0 Å². The van der Waals surface area contributed by atoms with Crippen molar-refractivity contribution in [2.75, 3.05) is 0 Å². The number of hydrogen-bond acceptors (Lipinski definition) is 4. The Morgan fingerprint density at radius 3 is 2.00 bits per heavy atom. The van der Waals surface area contributed by atoms with Crippen LogP contribution in [0.25, 0.3) is 0 Å². The number of nitrogens with one attached hydrogen (secondary N) is 1. The van der Waals surface area contributed by atoms with Crippen molar-refractivity contribution in [2.45, 2.75) is 6.92 Å². The van der Waals surface area contributed by atoms with Crippen LogP contribution in [0.5, 0.6) is 0 Å². The molecule has 0 atom stereocenters. The fourth-order valence-electron chi connectivity index (χ4n) is 0.283. The highest BCUT2D eigenvalue weighted by molar-refractivity contribution is 5.86. The molecule has 0 aliphatic rings. The van der Waals surface area contributed by atoms with Gasteiger partial charge in [-0.1, -0.05) is 0 Å². The molecule has 0 aromatic carbocycles. The first-order chi connectivity index (χ1) is 4.09. The molecule has 0 radical (unpaired) electrons. The van der Waals surface area contributed by atoms with E-state index in [4.69, 9.17) is 15.7 Å². The second-order valence-electron chi connectivity index (χ2n) is 1.35. The Bertz CT molecular complexity index is 169. The van der Waals surface area contributed by atoms with Crippen LogP contribution < -0.4 is 0 Å². The average Bonchev–Trinajstić information content (AvgIpc) is 1.64. The van der Waals surface area contributed by atoms with Gasteiger partial charge in [-0.05, 0) is 6.92 Å². The molecule has 0 bridgehead atoms. The van der Waals surface area contributed by atoms with Crippen molar-refractivity contribution in [3.05, 3.63) is 11.5 Å². The number of carboxylic acid groups (broad SMARTS) is 1. The zero-order valence-corrected chi connectivity index (χ0v) is 4.75. The van der Waals surface area contributed by atoms with Crippen molar-refractivity contribution in [1.82, 2.24) is 0 Å². The van der Waals surface area contributed by atoms with Gasteiger partial charge in [-0.25, -0.2) is 10.3 Å². The quantitative estimate of drug-likeness (QED) is 0.294. The van der Waals surface area contributed by atoms with Gasteiger partial charge in [0.1, 0.15) is 5.76 Å². The average molecular weight is 130 g/mol. The standard InChI is InChI=1S/C4H6N2O3/c1-2(7)3(6-5)4(8)9/h5,7H,1H3,(H,8,9)/b3-2+,6-5?. The van der Waals surface area contributed by atoms with Crippen molar-refractivity contribution < 1.29 is 15.0 Å². The van der Waals surface area contributed by atoms with E-state index < -0.39 is 17.4 Å². The lowest BCUT2D eigenvalue weighted by Crippen LogP contribution is -1.99. The van der Waals surface area contributed by atoms with Crippen LogP contribution >= 0.6 is 0 Å². The van der Waals surface area contributed by atoms with Crippen molar-refractivity contribution in [3.8, 4) is 0 Å². The van der Waals surface area contributed by atoms with Crippen LogP contribution in [0.3, 0.4) is 0 Å². The van der Waals surface area contributed by atoms with Gasteiger partial charge in [0.15, 0.2) is 0 Å². The Hall–Kier alpha value is -1.39. The monoisotopic (exact) mass is 130 g/mol. The molecule has 0 spiro atoms. The van der Waals surface area contributed by atoms with E-state index in [1.807, 2.05) is 0 Å². The van der Waals surface area contributed by atoms with Crippen LogP contribution in [0.15, 0.2) is 16.6 Å². The fourth-order valence-corrected chi connectivity index (χ4v) is 0.283. The van der Waals surface area contributed by atoms with Crippen LogP contribution in [0.1, 0.15) is 6.92 Å². The number of carbonyl (C=O) groups is 1. The van der Waals surface area contributed by atoms with Gasteiger partial charge in [-0.2, -0.15) is 0 Å². The highest BCUT2D eigenvalue weighted by Crippen LogP contribution is 2.00. The molecule has 5 nitrogen and oxygen atoms in total. The Kier molecular flexibility index (Phi) is 2.37. The minimum atomic E-state index is -1.40. The van der Waals surface area contributed by atoms with Crippen molar-refractivity contribution in [3.63, 3.8) is 0 Å². The third kappa shape index (κ3) is 1.89. The first-order valence-corrected chi connectivity index (χ1v) is 2.10. The minimum absolute atomic E-state index is 0.461. The first-order valence-electron chi connectivity index (χ1n) is 2.10. The largest absolute Gasteiger partial charge is 0.510 e. The molecule has 0 heterocycles. The zero-order chi connectivity index (χ0) is 7.44. The topological polar surface area (TPSA) is 93.7 Å². The van der Waals surface area contributed by atoms with Gasteiger partial charge < -0.3 is 10.2 Å². The van der Waals surface area contributed by atoms with Gasteiger partial charge in [-0.3, -0.25) is 0 Å². The third-order valence-electron chi connectivity index (χ3n) is 0.657. The van der Waals surface area contributed by atoms with E-state index >= 15 is 0 Å². The lowest BCUT2D eigenvalue weighted by atomic mass is 10.4. The molecule has 0 aliphatic carbocycles. The number of hydrogen-bond donors (Lipinski definition) is 3. The molecule has 9 heavy (non-hydrogen) atoms. The molecule has 50 valence electrons. The van der Waals surface area contributed by atoms with E-state index in [1.165, 1.54) is 0 Å². The Morgan fingerprint density at radius 2 is 2.00 bits per heavy atom. The summed E-state index contributed by atoms with van der Waals surface area (Å²) in [5, 5.41) is 19.1. The lowest BCUT2D eigenvalue weighted by molar-refractivity contribution is -0.132. The molecule has 0 fully saturated rings. The molecule has 3 N–H and O–H groups in total. The van der Waals surface area contributed by atoms with Crippen molar-refractivity contribution >= 4 is 5.97 Å². The number of allylic oxidation sites excluding steroid dienone is 1. The second kappa shape index (κ2) is 2.81. The van der Waals surface area contributed by atoms with Gasteiger partial charge in [0.25, 0.3) is 0 Å². The summed E-state index contributed by atoms with van der Waals surface area (Å²) in [5.74, 6) is -1.86. The van der Waals surface area contributed by atoms with Crippen molar-refractivity contribution in [1.29, 1.82) is 5.53 Å². The van der Waals surface area contributed by atoms with Gasteiger partial charge >= 0.3 is 5.97 Å². The van der Waals surface area contributed by atoms with Crippen LogP contribution in [-0.2, 0) is 4.79 Å². The number of carboxylic acids is 1. The Labute approximate surface area is 51.1 Å². The maximum absolute atomic E-state index is 9.94. The molecule has 5 heteroatoms. The highest BCUT2D eigenvalue weighted by Gasteiger charge is 2.08. The number of rotatable bonds is 2. The van der Waals surface area contributed by atoms with E-state index in [9.17, 15) is 4.79 Å². The SMILES string of the molecule is C/C(O)=C(\N=N)C(=O)O. The summed E-state index contributed by atoms with van der Waals surface area (Å²) in [5.41, 5.74) is 5.62. The Morgan fingerprint density at radius 1 is 1.56 bits per heavy atom. The van der Waals surface area contributed by atoms with E-state index in [0.29, 0.717) is 0 Å². The van der Waals surface area contributed by atoms with Gasteiger partial charge in [0.05, 0.1) is 0 Å². The summed E-state index contributed by atoms with van der Waals surface area (Å²) >= 11 is 0. The maximum atomic E-state index is 9.94. The van der Waals surface area contributed by atoms with E-state index in [-0.39, 0.29) is 0 Å². The third-order valence-corrected chi connectivity index (χ3v) is 0.657. The number of aliphatic carboxylic acids is 1. The zero-order valence-electron chi connectivity index (χ0n) is 4.75. The molecule has 0 rings (SSSR count). The summed E-state index contributed by atoms with van der Waals surface area (Å²) in [4.78, 5) is 9.94. The van der Waals surface area contributed by atoms with E-state index in [0.717, 1.165) is 6.92 Å². The smallest absolute Gasteiger partial charge is 0.359 e. The van der Waals surface area contributed by atoms with Crippen LogP contribution in [0.2, 0.25) is 0 Å². The maximum Gasteiger partial charge on any atom is 0.359 e. The number of aliphatic hydroxyl groups excluding tert-OH is 1. The summed E-state index contributed by atoms with van der Waals surface area (Å²) in [7, 11) is 0. The highest BCUT2D eigenvalue weighted by atomic mass is 16.4. The summed E-state index contributed by atoms with van der Waals surface area (Å²) in [6, 6.07) is 0.